The number of nitrogens with one attached hydrogen (secondary N) is 3. The number of aromatic nitrogens is 1. The lowest BCUT2D eigenvalue weighted by molar-refractivity contribution is -0.118. The van der Waals surface area contributed by atoms with Gasteiger partial charge in [0.2, 0.25) is 11.3 Å². The molecule has 4 aromatic carbocycles. The van der Waals surface area contributed by atoms with E-state index in [1.54, 1.807) is 24.3 Å². The van der Waals surface area contributed by atoms with Gasteiger partial charge in [-0.1, -0.05) is 54.6 Å². The minimum absolute atomic E-state index is 0.124. The smallest absolute Gasteiger partial charge is 0.341 e. The van der Waals surface area contributed by atoms with Gasteiger partial charge in [-0.2, -0.15) is 0 Å². The predicted molar refractivity (Wildman–Crippen MR) is 166 cm³/mol. The van der Waals surface area contributed by atoms with Crippen LogP contribution in [0.5, 0.6) is 0 Å². The first-order chi connectivity index (χ1) is 19.8. The van der Waals surface area contributed by atoms with Gasteiger partial charge in [0.1, 0.15) is 11.6 Å². The molecule has 4 N–H and O–H groups in total. The Labute approximate surface area is 248 Å². The number of rotatable bonds is 8. The Morgan fingerprint density at radius 1 is 0.854 bits per heavy atom. The van der Waals surface area contributed by atoms with Crippen LogP contribution >= 0.6 is 22.6 Å². The van der Waals surface area contributed by atoms with E-state index in [1.165, 1.54) is 6.07 Å². The standard InChI is InChI=1S/C32H24IN3O5/c33-23-12-6-19(7-13-23)16-28(36-30(38)22-10-8-21(9-11-22)20-4-2-1-3-5-20)31(39)35-24-14-15-27-25(17-24)29(37)26(18-34-27)32(40)41/h1-15,17-18,28H,16H2,(H,34,37)(H,35,39)(H,36,38)(H,40,41)/t28-/m0/s1. The molecule has 0 radical (unpaired) electrons. The zero-order chi connectivity index (χ0) is 28.9. The third-order valence-corrected chi connectivity index (χ3v) is 7.33. The van der Waals surface area contributed by atoms with Gasteiger partial charge in [0.05, 0.1) is 0 Å². The number of aromatic amines is 1. The molecule has 0 aliphatic carbocycles. The second-order valence-corrected chi connectivity index (χ2v) is 10.6. The lowest BCUT2D eigenvalue weighted by Gasteiger charge is -2.19. The van der Waals surface area contributed by atoms with E-state index in [4.69, 9.17) is 0 Å². The van der Waals surface area contributed by atoms with E-state index in [2.05, 4.69) is 38.2 Å². The lowest BCUT2D eigenvalue weighted by atomic mass is 10.0. The van der Waals surface area contributed by atoms with E-state index in [0.717, 1.165) is 26.5 Å². The van der Waals surface area contributed by atoms with Crippen molar-refractivity contribution < 1.29 is 19.5 Å². The van der Waals surface area contributed by atoms with Gasteiger partial charge in [-0.15, -0.1) is 0 Å². The molecule has 2 amide bonds. The number of pyridine rings is 1. The van der Waals surface area contributed by atoms with Crippen molar-refractivity contribution in [3.05, 3.63) is 134 Å². The van der Waals surface area contributed by atoms with Crippen LogP contribution in [0.2, 0.25) is 0 Å². The first kappa shape index (κ1) is 27.8. The Bertz CT molecular complexity index is 1800. The number of aromatic carboxylic acids is 1. The molecule has 5 aromatic rings. The number of halogens is 1. The van der Waals surface area contributed by atoms with E-state index in [0.29, 0.717) is 16.8 Å². The predicted octanol–water partition coefficient (Wildman–Crippen LogP) is 5.48. The SMILES string of the molecule is O=C(N[C@@H](Cc1ccc(I)cc1)C(=O)Nc1ccc2[nH]cc(C(=O)O)c(=O)c2c1)c1ccc(-c2ccccc2)cc1. The number of fused-ring (bicyclic) bond motifs is 1. The molecule has 0 bridgehead atoms. The van der Waals surface area contributed by atoms with Crippen LogP contribution in [0.1, 0.15) is 26.3 Å². The van der Waals surface area contributed by atoms with Crippen LogP contribution in [0.15, 0.2) is 108 Å². The van der Waals surface area contributed by atoms with Gasteiger partial charge >= 0.3 is 5.97 Å². The molecule has 9 heteroatoms. The average molecular weight is 657 g/mol. The molecule has 0 aliphatic heterocycles. The Morgan fingerprint density at radius 2 is 1.54 bits per heavy atom. The molecule has 0 fully saturated rings. The minimum Gasteiger partial charge on any atom is -0.477 e. The fourth-order valence-corrected chi connectivity index (χ4v) is 4.80. The monoisotopic (exact) mass is 657 g/mol. The summed E-state index contributed by atoms with van der Waals surface area (Å²) in [5.74, 6) is -2.24. The number of benzene rings is 4. The summed E-state index contributed by atoms with van der Waals surface area (Å²) in [5, 5.41) is 15.0. The molecular weight excluding hydrogens is 633 g/mol. The van der Waals surface area contributed by atoms with E-state index < -0.39 is 34.8 Å². The molecule has 0 saturated carbocycles. The number of amides is 2. The molecule has 8 nitrogen and oxygen atoms in total. The number of carbonyl (C=O) groups excluding carboxylic acids is 2. The Hall–Kier alpha value is -4.77. The number of carboxylic acid groups (broad SMARTS) is 1. The summed E-state index contributed by atoms with van der Waals surface area (Å²) in [6, 6.07) is 28.2. The number of hydrogen-bond donors (Lipinski definition) is 4. The maximum atomic E-state index is 13.5. The minimum atomic E-state index is -1.35. The lowest BCUT2D eigenvalue weighted by Crippen LogP contribution is -2.45. The van der Waals surface area contributed by atoms with Crippen LogP contribution in [0.3, 0.4) is 0 Å². The van der Waals surface area contributed by atoms with Crippen LogP contribution in [0.25, 0.3) is 22.0 Å². The topological polar surface area (TPSA) is 128 Å². The van der Waals surface area contributed by atoms with Gasteiger partial charge in [0.25, 0.3) is 5.91 Å². The highest BCUT2D eigenvalue weighted by atomic mass is 127. The van der Waals surface area contributed by atoms with Gasteiger partial charge in [0.15, 0.2) is 0 Å². The summed E-state index contributed by atoms with van der Waals surface area (Å²) in [4.78, 5) is 53.5. The van der Waals surface area contributed by atoms with Gasteiger partial charge in [-0.05, 0) is 81.7 Å². The molecule has 1 heterocycles. The van der Waals surface area contributed by atoms with Crippen LogP contribution in [0, 0.1) is 3.57 Å². The second-order valence-electron chi connectivity index (χ2n) is 9.39. The fraction of sp³-hybridized carbons (Fsp3) is 0.0625. The van der Waals surface area contributed by atoms with Gasteiger partial charge in [-0.25, -0.2) is 4.79 Å². The molecule has 0 aliphatic rings. The van der Waals surface area contributed by atoms with Crippen LogP contribution < -0.4 is 16.1 Å². The first-order valence-corrected chi connectivity index (χ1v) is 13.8. The molecule has 1 atom stereocenters. The van der Waals surface area contributed by atoms with Crippen LogP contribution in [-0.2, 0) is 11.2 Å². The third kappa shape index (κ3) is 6.52. The maximum Gasteiger partial charge on any atom is 0.341 e. The molecule has 41 heavy (non-hydrogen) atoms. The zero-order valence-electron chi connectivity index (χ0n) is 21.6. The normalized spacial score (nSPS) is 11.5. The molecule has 5 rings (SSSR count). The number of carboxylic acids is 1. The third-order valence-electron chi connectivity index (χ3n) is 6.61. The number of hydrogen-bond acceptors (Lipinski definition) is 4. The van der Waals surface area contributed by atoms with E-state index >= 15 is 0 Å². The van der Waals surface area contributed by atoms with E-state index in [-0.39, 0.29) is 11.8 Å². The fourth-order valence-electron chi connectivity index (χ4n) is 4.44. The molecule has 1 aromatic heterocycles. The first-order valence-electron chi connectivity index (χ1n) is 12.7. The van der Waals surface area contributed by atoms with Gasteiger partial charge < -0.3 is 20.7 Å². The molecular formula is C32H24IN3O5. The summed E-state index contributed by atoms with van der Waals surface area (Å²) >= 11 is 2.19. The highest BCUT2D eigenvalue weighted by molar-refractivity contribution is 14.1. The van der Waals surface area contributed by atoms with Crippen LogP contribution in [0.4, 0.5) is 5.69 Å². The van der Waals surface area contributed by atoms with Crippen molar-refractivity contribution in [3.63, 3.8) is 0 Å². The summed E-state index contributed by atoms with van der Waals surface area (Å²) in [6.45, 7) is 0. The van der Waals surface area contributed by atoms with Crippen molar-refractivity contribution in [2.45, 2.75) is 12.5 Å². The van der Waals surface area contributed by atoms with E-state index in [1.807, 2.05) is 66.7 Å². The molecule has 0 spiro atoms. The van der Waals surface area contributed by atoms with E-state index in [9.17, 15) is 24.3 Å². The highest BCUT2D eigenvalue weighted by Gasteiger charge is 2.23. The summed E-state index contributed by atoms with van der Waals surface area (Å²) in [6.07, 6.45) is 1.37. The Balaban J connectivity index is 1.39. The molecule has 0 saturated heterocycles. The number of carbonyl (C=O) groups is 3. The van der Waals surface area contributed by atoms with Crippen molar-refractivity contribution in [1.29, 1.82) is 0 Å². The maximum absolute atomic E-state index is 13.5. The molecule has 204 valence electrons. The van der Waals surface area contributed by atoms with Crippen molar-refractivity contribution in [1.82, 2.24) is 10.3 Å². The molecule has 0 unspecified atom stereocenters. The number of H-pyrrole nitrogens is 1. The second kappa shape index (κ2) is 12.2. The summed E-state index contributed by atoms with van der Waals surface area (Å²) in [5.41, 5.74) is 2.92. The Morgan fingerprint density at radius 3 is 2.22 bits per heavy atom. The quantitative estimate of drug-likeness (QED) is 0.165. The van der Waals surface area contributed by atoms with Gasteiger partial charge in [0, 0.05) is 38.3 Å². The van der Waals surface area contributed by atoms with Crippen molar-refractivity contribution in [3.8, 4) is 11.1 Å². The van der Waals surface area contributed by atoms with Gasteiger partial charge in [-0.3, -0.25) is 14.4 Å². The average Bonchev–Trinajstić information content (AvgIpc) is 2.98. The summed E-state index contributed by atoms with van der Waals surface area (Å²) in [7, 11) is 0. The van der Waals surface area contributed by atoms with Crippen molar-refractivity contribution in [2.75, 3.05) is 5.32 Å². The Kier molecular flexibility index (Phi) is 8.25. The summed E-state index contributed by atoms with van der Waals surface area (Å²) < 4.78 is 1.04. The highest BCUT2D eigenvalue weighted by Crippen LogP contribution is 2.20. The largest absolute Gasteiger partial charge is 0.477 e. The van der Waals surface area contributed by atoms with Crippen molar-refractivity contribution >= 4 is 57.0 Å². The zero-order valence-corrected chi connectivity index (χ0v) is 23.7. The van der Waals surface area contributed by atoms with Crippen LogP contribution in [-0.4, -0.2) is 33.9 Å². The number of anilines is 1. The van der Waals surface area contributed by atoms with Crippen molar-refractivity contribution in [2.24, 2.45) is 0 Å².